The Labute approximate surface area is 288 Å². The Hall–Kier alpha value is -6.12. The van der Waals surface area contributed by atoms with Crippen LogP contribution in [0, 0.1) is 13.8 Å². The average molecular weight is 684 g/mol. The van der Waals surface area contributed by atoms with E-state index in [2.05, 4.69) is 27.4 Å². The maximum atomic E-state index is 14.7. The molecule has 0 saturated heterocycles. The number of nitrogens with one attached hydrogen (secondary N) is 2. The fraction of sp³-hybridized carbons (Fsp3) is 0.103. The first-order chi connectivity index (χ1) is 24.1. The van der Waals surface area contributed by atoms with Crippen LogP contribution in [0.15, 0.2) is 122 Å². The molecule has 0 atom stereocenters. The maximum Gasteiger partial charge on any atom is 0.251 e. The minimum atomic E-state index is -3.68. The number of benzene rings is 5. The molecule has 0 spiro atoms. The molecule has 10 nitrogen and oxygen atoms in total. The van der Waals surface area contributed by atoms with Gasteiger partial charge in [0.05, 0.1) is 0 Å². The minimum Gasteiger partial charge on any atom is -0.506 e. The van der Waals surface area contributed by atoms with Crippen LogP contribution in [0.1, 0.15) is 43.0 Å². The lowest BCUT2D eigenvalue weighted by Crippen LogP contribution is -2.24. The number of nitrogens with zero attached hydrogens (tertiary/aromatic N) is 3. The van der Waals surface area contributed by atoms with Crippen molar-refractivity contribution < 1.29 is 24.1 Å². The first kappa shape index (κ1) is 33.8. The van der Waals surface area contributed by atoms with E-state index in [1.54, 1.807) is 78.9 Å². The summed E-state index contributed by atoms with van der Waals surface area (Å²) in [4.78, 5) is 40.3. The fourth-order valence-electron chi connectivity index (χ4n) is 5.86. The van der Waals surface area contributed by atoms with E-state index in [9.17, 15) is 24.1 Å². The molecule has 0 saturated carbocycles. The molecule has 0 aliphatic carbocycles. The third-order valence-corrected chi connectivity index (χ3v) is 11.2. The second-order valence-electron chi connectivity index (χ2n) is 11.8. The molecule has 0 unspecified atom stereocenters. The van der Waals surface area contributed by atoms with Gasteiger partial charge < -0.3 is 20.3 Å². The van der Waals surface area contributed by atoms with E-state index >= 15 is 0 Å². The Morgan fingerprint density at radius 1 is 0.760 bits per heavy atom. The van der Waals surface area contributed by atoms with Gasteiger partial charge in [-0.05, 0) is 72.5 Å². The lowest BCUT2D eigenvalue weighted by atomic mass is 10.00. The zero-order chi connectivity index (χ0) is 35.4. The molecular formula is C39H34N5O5P. The van der Waals surface area contributed by atoms with Crippen molar-refractivity contribution >= 4 is 46.1 Å². The summed E-state index contributed by atoms with van der Waals surface area (Å²) in [5.41, 5.74) is 4.45. The summed E-state index contributed by atoms with van der Waals surface area (Å²) in [6.07, 6.45) is 1.18. The molecule has 6 aromatic rings. The molecule has 3 N–H and O–H groups in total. The molecule has 1 heterocycles. The Morgan fingerprint density at radius 3 is 1.98 bits per heavy atom. The highest BCUT2D eigenvalue weighted by molar-refractivity contribution is 7.93. The number of aromatic hydroxyl groups is 1. The second-order valence-corrected chi connectivity index (χ2v) is 14.5. The highest BCUT2D eigenvalue weighted by Gasteiger charge is 2.38. The first-order valence-corrected chi connectivity index (χ1v) is 17.5. The summed E-state index contributed by atoms with van der Waals surface area (Å²) in [5.74, 6) is -0.708. The van der Waals surface area contributed by atoms with Crippen LogP contribution in [-0.4, -0.2) is 37.4 Å². The SMILES string of the molecule is C=CC(=O)NCc1ccc(O)c(-n2nc3ccc(C(=O)NCc4cc(C)c(C(=O)P(=O)(c5ccccc5)c5ccccc5)c(C)c4)cc3n2)c1. The van der Waals surface area contributed by atoms with E-state index in [0.717, 1.165) is 11.1 Å². The number of aromatic nitrogens is 3. The van der Waals surface area contributed by atoms with E-state index in [1.165, 1.54) is 16.9 Å². The largest absolute Gasteiger partial charge is 0.506 e. The Kier molecular flexibility index (Phi) is 9.56. The van der Waals surface area contributed by atoms with Gasteiger partial charge in [-0.15, -0.1) is 15.0 Å². The molecule has 5 aromatic carbocycles. The van der Waals surface area contributed by atoms with Crippen LogP contribution in [0.4, 0.5) is 0 Å². The zero-order valence-corrected chi connectivity index (χ0v) is 28.4. The Balaban J connectivity index is 1.20. The van der Waals surface area contributed by atoms with Crippen molar-refractivity contribution in [1.29, 1.82) is 0 Å². The molecule has 6 rings (SSSR count). The van der Waals surface area contributed by atoms with Gasteiger partial charge in [0, 0.05) is 34.8 Å². The van der Waals surface area contributed by atoms with Gasteiger partial charge in [0.25, 0.3) is 5.91 Å². The number of aryl methyl sites for hydroxylation is 2. The van der Waals surface area contributed by atoms with Crippen LogP contribution in [0.5, 0.6) is 5.75 Å². The van der Waals surface area contributed by atoms with Gasteiger partial charge in [-0.1, -0.05) is 85.4 Å². The normalized spacial score (nSPS) is 11.2. The number of carbonyl (C=O) groups excluding carboxylic acids is 3. The number of fused-ring (bicyclic) bond motifs is 1. The topological polar surface area (TPSA) is 143 Å². The standard InChI is InChI=1S/C39H34N5O5P/c1-4-36(46)40-23-27-15-18-35(45)34(21-27)44-42-32-17-16-29(22-33(32)43-44)38(47)41-24-28-19-25(2)37(26(3)20-28)39(48)50(49,30-11-7-5-8-12-30)31-13-9-6-10-14-31/h4-22,45H,1,23-24H2,2-3H3,(H,40,46)(H,41,47). The summed E-state index contributed by atoms with van der Waals surface area (Å²) < 4.78 is 14.7. The summed E-state index contributed by atoms with van der Waals surface area (Å²) in [6, 6.07) is 31.1. The number of carbonyl (C=O) groups is 3. The van der Waals surface area contributed by atoms with E-state index in [0.29, 0.717) is 49.6 Å². The average Bonchev–Trinajstić information content (AvgIpc) is 3.56. The molecule has 0 bridgehead atoms. The van der Waals surface area contributed by atoms with E-state index in [4.69, 9.17) is 0 Å². The maximum absolute atomic E-state index is 14.7. The molecule has 0 fully saturated rings. The van der Waals surface area contributed by atoms with Gasteiger partial charge in [0.2, 0.25) is 18.6 Å². The van der Waals surface area contributed by atoms with Crippen molar-refractivity contribution in [2.24, 2.45) is 0 Å². The van der Waals surface area contributed by atoms with Gasteiger partial charge in [-0.3, -0.25) is 14.4 Å². The summed E-state index contributed by atoms with van der Waals surface area (Å²) in [6.45, 7) is 7.48. The van der Waals surface area contributed by atoms with Crippen LogP contribution in [0.3, 0.4) is 0 Å². The Bertz CT molecular complexity index is 2250. The van der Waals surface area contributed by atoms with E-state index < -0.39 is 12.7 Å². The quantitative estimate of drug-likeness (QED) is 0.119. The van der Waals surface area contributed by atoms with E-state index in [1.807, 2.05) is 38.1 Å². The molecule has 2 amide bonds. The minimum absolute atomic E-state index is 0.0525. The fourth-order valence-corrected chi connectivity index (χ4v) is 8.48. The summed E-state index contributed by atoms with van der Waals surface area (Å²) >= 11 is 0. The van der Waals surface area contributed by atoms with Crippen molar-refractivity contribution in [2.75, 3.05) is 0 Å². The smallest absolute Gasteiger partial charge is 0.251 e. The molecule has 0 aliphatic rings. The predicted octanol–water partition coefficient (Wildman–Crippen LogP) is 5.63. The lowest BCUT2D eigenvalue weighted by Gasteiger charge is -2.21. The molecule has 50 heavy (non-hydrogen) atoms. The van der Waals surface area contributed by atoms with Crippen molar-refractivity contribution in [3.8, 4) is 11.4 Å². The molecule has 0 radical (unpaired) electrons. The van der Waals surface area contributed by atoms with Crippen molar-refractivity contribution in [3.63, 3.8) is 0 Å². The molecular weight excluding hydrogens is 649 g/mol. The third-order valence-electron chi connectivity index (χ3n) is 8.33. The van der Waals surface area contributed by atoms with Crippen molar-refractivity contribution in [3.05, 3.63) is 155 Å². The zero-order valence-electron chi connectivity index (χ0n) is 27.5. The number of phenols is 1. The van der Waals surface area contributed by atoms with Gasteiger partial charge in [0.1, 0.15) is 22.5 Å². The number of hydrogen-bond donors (Lipinski definition) is 3. The number of hydrogen-bond acceptors (Lipinski definition) is 7. The van der Waals surface area contributed by atoms with Gasteiger partial charge in [0.15, 0.2) is 0 Å². The van der Waals surface area contributed by atoms with Crippen LogP contribution < -0.4 is 21.2 Å². The summed E-state index contributed by atoms with van der Waals surface area (Å²) in [7, 11) is -3.68. The van der Waals surface area contributed by atoms with Crippen molar-refractivity contribution in [1.82, 2.24) is 25.6 Å². The van der Waals surface area contributed by atoms with Gasteiger partial charge >= 0.3 is 0 Å². The predicted molar refractivity (Wildman–Crippen MR) is 194 cm³/mol. The molecule has 11 heteroatoms. The van der Waals surface area contributed by atoms with Crippen molar-refractivity contribution in [2.45, 2.75) is 26.9 Å². The third kappa shape index (κ3) is 6.74. The monoisotopic (exact) mass is 683 g/mol. The number of rotatable bonds is 11. The number of amides is 2. The second kappa shape index (κ2) is 14.2. The Morgan fingerprint density at radius 2 is 1.36 bits per heavy atom. The van der Waals surface area contributed by atoms with E-state index in [-0.39, 0.29) is 30.7 Å². The molecule has 1 aromatic heterocycles. The van der Waals surface area contributed by atoms with Gasteiger partial charge in [-0.25, -0.2) is 0 Å². The van der Waals surface area contributed by atoms with Crippen LogP contribution in [-0.2, 0) is 22.4 Å². The molecule has 250 valence electrons. The van der Waals surface area contributed by atoms with Crippen LogP contribution >= 0.6 is 7.14 Å². The van der Waals surface area contributed by atoms with Crippen LogP contribution in [0.25, 0.3) is 16.7 Å². The molecule has 0 aliphatic heterocycles. The highest BCUT2D eigenvalue weighted by Crippen LogP contribution is 2.48. The number of phenolic OH excluding ortho intramolecular Hbond substituents is 1. The first-order valence-electron chi connectivity index (χ1n) is 15.8. The summed E-state index contributed by atoms with van der Waals surface area (Å²) in [5, 5.41) is 26.0. The lowest BCUT2D eigenvalue weighted by molar-refractivity contribution is -0.116. The van der Waals surface area contributed by atoms with Gasteiger partial charge in [-0.2, -0.15) is 0 Å². The van der Waals surface area contributed by atoms with Crippen LogP contribution in [0.2, 0.25) is 0 Å². The highest BCUT2D eigenvalue weighted by atomic mass is 31.2.